The Morgan fingerprint density at radius 3 is 1.45 bits per heavy atom. The van der Waals surface area contributed by atoms with Gasteiger partial charge in [0.25, 0.3) is 0 Å². The molecule has 4 heteroatoms. The Kier molecular flexibility index (Phi) is 8.71. The smallest absolute Gasteiger partial charge is 0.115 e. The second kappa shape index (κ2) is 11.8. The minimum Gasteiger partial charge on any atom is -0.508 e. The second-order valence-corrected chi connectivity index (χ2v) is 14.7. The van der Waals surface area contributed by atoms with E-state index in [4.69, 9.17) is 0 Å². The predicted molar refractivity (Wildman–Crippen MR) is 175 cm³/mol. The molecule has 4 aliphatic rings. The Morgan fingerprint density at radius 1 is 0.714 bits per heavy atom. The summed E-state index contributed by atoms with van der Waals surface area (Å²) in [7, 11) is 0. The molecule has 2 saturated heterocycles. The van der Waals surface area contributed by atoms with Crippen LogP contribution in [0, 0.1) is 11.8 Å². The highest BCUT2D eigenvalue weighted by atomic mass is 16.3. The number of hydrogen-bond acceptors (Lipinski definition) is 4. The van der Waals surface area contributed by atoms with Crippen LogP contribution in [-0.2, 0) is 23.7 Å². The lowest BCUT2D eigenvalue weighted by Crippen LogP contribution is -2.57. The van der Waals surface area contributed by atoms with E-state index in [2.05, 4.69) is 89.5 Å². The lowest BCUT2D eigenvalue weighted by molar-refractivity contribution is 0.0396. The SMILES string of the molecule is CC(C)=CCN1CCC2(C)c3cc(O)ccc3CC1C2C.CC(C)=CCN1CCC2(C)c3cc(O)ccc3CC1C2C. The van der Waals surface area contributed by atoms with Gasteiger partial charge < -0.3 is 10.2 Å². The number of likely N-dealkylation sites (tertiary alicyclic amines) is 2. The van der Waals surface area contributed by atoms with Crippen LogP contribution in [0.15, 0.2) is 59.7 Å². The zero-order valence-corrected chi connectivity index (χ0v) is 27.4. The molecule has 2 N–H and O–H groups in total. The van der Waals surface area contributed by atoms with Gasteiger partial charge in [0.1, 0.15) is 11.5 Å². The Balaban J connectivity index is 0.000000168. The third kappa shape index (κ3) is 5.69. The summed E-state index contributed by atoms with van der Waals surface area (Å²) in [6, 6.07) is 13.2. The molecule has 4 nitrogen and oxygen atoms in total. The van der Waals surface area contributed by atoms with Gasteiger partial charge in [0, 0.05) is 25.2 Å². The maximum atomic E-state index is 9.87. The summed E-state index contributed by atoms with van der Waals surface area (Å²) in [5, 5.41) is 19.7. The minimum absolute atomic E-state index is 0.207. The van der Waals surface area contributed by atoms with Crippen molar-refractivity contribution in [3.8, 4) is 11.5 Å². The molecule has 2 fully saturated rings. The molecule has 2 aromatic carbocycles. The van der Waals surface area contributed by atoms with Gasteiger partial charge in [0.2, 0.25) is 0 Å². The molecule has 6 atom stereocenters. The Labute approximate surface area is 255 Å². The summed E-state index contributed by atoms with van der Waals surface area (Å²) in [6.45, 7) is 22.7. The predicted octanol–water partition coefficient (Wildman–Crippen LogP) is 7.77. The van der Waals surface area contributed by atoms with E-state index in [1.165, 1.54) is 46.2 Å². The Hall–Kier alpha value is -2.56. The molecular formula is C38H54N2O2. The molecule has 2 aliphatic heterocycles. The van der Waals surface area contributed by atoms with E-state index in [-0.39, 0.29) is 10.8 Å². The van der Waals surface area contributed by atoms with E-state index < -0.39 is 0 Å². The second-order valence-electron chi connectivity index (χ2n) is 14.7. The van der Waals surface area contributed by atoms with Gasteiger partial charge in [-0.15, -0.1) is 0 Å². The molecule has 0 saturated carbocycles. The summed E-state index contributed by atoms with van der Waals surface area (Å²) < 4.78 is 0. The maximum absolute atomic E-state index is 9.87. The van der Waals surface area contributed by atoms with E-state index in [0.29, 0.717) is 35.4 Å². The van der Waals surface area contributed by atoms with E-state index in [9.17, 15) is 10.2 Å². The van der Waals surface area contributed by atoms with Crippen molar-refractivity contribution in [3.05, 3.63) is 82.0 Å². The molecule has 2 heterocycles. The van der Waals surface area contributed by atoms with Gasteiger partial charge in [-0.1, -0.05) is 63.1 Å². The summed E-state index contributed by atoms with van der Waals surface area (Å²) in [6.07, 6.45) is 9.28. The first-order valence-electron chi connectivity index (χ1n) is 16.2. The summed E-state index contributed by atoms with van der Waals surface area (Å²) in [5.74, 6) is 2.08. The minimum atomic E-state index is 0.207. The number of benzene rings is 2. The average molecular weight is 571 g/mol. The van der Waals surface area contributed by atoms with Crippen molar-refractivity contribution in [1.29, 1.82) is 0 Å². The van der Waals surface area contributed by atoms with Crippen LogP contribution >= 0.6 is 0 Å². The molecule has 2 aromatic rings. The van der Waals surface area contributed by atoms with E-state index in [0.717, 1.165) is 39.0 Å². The molecule has 0 spiro atoms. The number of piperidine rings is 2. The van der Waals surface area contributed by atoms with Gasteiger partial charge in [-0.2, -0.15) is 0 Å². The molecule has 6 rings (SSSR count). The summed E-state index contributed by atoms with van der Waals surface area (Å²) in [5.41, 5.74) is 8.84. The number of aromatic hydroxyl groups is 2. The molecule has 0 radical (unpaired) electrons. The number of phenolic OH excluding ortho intramolecular Hbond substituents is 2. The normalized spacial score (nSPS) is 31.6. The van der Waals surface area contributed by atoms with Gasteiger partial charge >= 0.3 is 0 Å². The fourth-order valence-electron chi connectivity index (χ4n) is 8.44. The van der Waals surface area contributed by atoms with E-state index in [1.54, 1.807) is 0 Å². The summed E-state index contributed by atoms with van der Waals surface area (Å²) >= 11 is 0. The first-order chi connectivity index (χ1) is 19.8. The van der Waals surface area contributed by atoms with Crippen LogP contribution in [0.25, 0.3) is 0 Å². The Bertz CT molecular complexity index is 1250. The third-order valence-corrected chi connectivity index (χ3v) is 11.7. The van der Waals surface area contributed by atoms with Crippen molar-refractivity contribution in [2.24, 2.45) is 11.8 Å². The molecule has 2 aliphatic carbocycles. The topological polar surface area (TPSA) is 46.9 Å². The van der Waals surface area contributed by atoms with Crippen molar-refractivity contribution in [2.75, 3.05) is 26.2 Å². The molecule has 228 valence electrons. The van der Waals surface area contributed by atoms with Gasteiger partial charge in [-0.25, -0.2) is 0 Å². The maximum Gasteiger partial charge on any atom is 0.115 e. The van der Waals surface area contributed by atoms with E-state index in [1.807, 2.05) is 24.3 Å². The number of phenols is 2. The van der Waals surface area contributed by atoms with Crippen molar-refractivity contribution in [3.63, 3.8) is 0 Å². The van der Waals surface area contributed by atoms with Crippen LogP contribution < -0.4 is 0 Å². The van der Waals surface area contributed by atoms with Crippen LogP contribution in [-0.4, -0.2) is 58.3 Å². The van der Waals surface area contributed by atoms with Crippen molar-refractivity contribution in [1.82, 2.24) is 9.80 Å². The zero-order valence-electron chi connectivity index (χ0n) is 27.4. The highest BCUT2D eigenvalue weighted by Gasteiger charge is 2.49. The van der Waals surface area contributed by atoms with Gasteiger partial charge in [0.05, 0.1) is 0 Å². The van der Waals surface area contributed by atoms with Gasteiger partial charge in [0.15, 0.2) is 0 Å². The standard InChI is InChI=1S/2C19H27NO/c2*1-13(2)7-9-20-10-8-19(4)14(3)18(20)11-15-5-6-16(21)12-17(15)19/h2*5-7,12,14,18,21H,8-11H2,1-4H3. The van der Waals surface area contributed by atoms with Gasteiger partial charge in [-0.05, 0) is 136 Å². The fraction of sp³-hybridized carbons (Fsp3) is 0.579. The molecule has 42 heavy (non-hydrogen) atoms. The van der Waals surface area contributed by atoms with E-state index >= 15 is 0 Å². The molecule has 0 amide bonds. The monoisotopic (exact) mass is 570 g/mol. The van der Waals surface area contributed by atoms with Crippen LogP contribution in [0.2, 0.25) is 0 Å². The molecule has 4 bridgehead atoms. The largest absolute Gasteiger partial charge is 0.508 e. The van der Waals surface area contributed by atoms with Gasteiger partial charge in [-0.3, -0.25) is 9.80 Å². The third-order valence-electron chi connectivity index (χ3n) is 11.7. The number of nitrogens with zero attached hydrogens (tertiary/aromatic N) is 2. The lowest BCUT2D eigenvalue weighted by Gasteiger charge is -2.54. The highest BCUT2D eigenvalue weighted by molar-refractivity contribution is 5.45. The van der Waals surface area contributed by atoms with Crippen LogP contribution in [0.1, 0.15) is 90.5 Å². The summed E-state index contributed by atoms with van der Waals surface area (Å²) in [4.78, 5) is 5.30. The van der Waals surface area contributed by atoms with Crippen LogP contribution in [0.3, 0.4) is 0 Å². The number of allylic oxidation sites excluding steroid dienone is 2. The molecular weight excluding hydrogens is 516 g/mol. The lowest BCUT2D eigenvalue weighted by atomic mass is 9.59. The zero-order chi connectivity index (χ0) is 30.4. The van der Waals surface area contributed by atoms with Crippen LogP contribution in [0.4, 0.5) is 0 Å². The quantitative estimate of drug-likeness (QED) is 0.369. The molecule has 6 unspecified atom stereocenters. The highest BCUT2D eigenvalue weighted by Crippen LogP contribution is 2.50. The van der Waals surface area contributed by atoms with Crippen molar-refractivity contribution >= 4 is 0 Å². The van der Waals surface area contributed by atoms with Crippen molar-refractivity contribution < 1.29 is 10.2 Å². The van der Waals surface area contributed by atoms with Crippen LogP contribution in [0.5, 0.6) is 11.5 Å². The van der Waals surface area contributed by atoms with Crippen molar-refractivity contribution in [2.45, 2.75) is 104 Å². The first kappa shape index (κ1) is 30.9. The number of hydrogen-bond donors (Lipinski definition) is 2. The number of rotatable bonds is 4. The number of fused-ring (bicyclic) bond motifs is 8. The average Bonchev–Trinajstić information content (AvgIpc) is 2.93. The fourth-order valence-corrected chi connectivity index (χ4v) is 8.44. The molecule has 0 aromatic heterocycles. The first-order valence-corrected chi connectivity index (χ1v) is 16.2. The Morgan fingerprint density at radius 2 is 1.10 bits per heavy atom.